The van der Waals surface area contributed by atoms with Crippen LogP contribution in [0.2, 0.25) is 6.32 Å². The molecule has 88 valence electrons. The van der Waals surface area contributed by atoms with Crippen molar-refractivity contribution in [3.8, 4) is 0 Å². The molecule has 0 amide bonds. The van der Waals surface area contributed by atoms with Gasteiger partial charge in [0.2, 0.25) is 0 Å². The first-order valence-electron chi connectivity index (χ1n) is 5.24. The molecule has 0 aliphatic rings. The Morgan fingerprint density at radius 3 is 2.25 bits per heavy atom. The van der Waals surface area contributed by atoms with Crippen molar-refractivity contribution in [2.75, 3.05) is 0 Å². The molecule has 1 aromatic carbocycles. The number of benzene rings is 1. The van der Waals surface area contributed by atoms with Crippen LogP contribution in [-0.4, -0.2) is 12.8 Å². The Bertz CT molecular complexity index is 335. The molecule has 1 nitrogen and oxygen atoms in total. The SMILES string of the molecule is O=C(CCc1ccccc1)CC[B-](F)(F)F. The van der Waals surface area contributed by atoms with Crippen molar-refractivity contribution in [1.29, 1.82) is 0 Å². The number of aryl methyl sites for hydroxylation is 1. The first kappa shape index (κ1) is 12.8. The maximum Gasteiger partial charge on any atom is 0.478 e. The van der Waals surface area contributed by atoms with Gasteiger partial charge < -0.3 is 12.9 Å². The summed E-state index contributed by atoms with van der Waals surface area (Å²) in [6.07, 6.45) is -0.620. The zero-order valence-corrected chi connectivity index (χ0v) is 8.83. The fourth-order valence-corrected chi connectivity index (χ4v) is 1.38. The van der Waals surface area contributed by atoms with Gasteiger partial charge in [-0.05, 0) is 18.4 Å². The van der Waals surface area contributed by atoms with Crippen molar-refractivity contribution in [2.45, 2.75) is 25.6 Å². The van der Waals surface area contributed by atoms with E-state index in [9.17, 15) is 17.7 Å². The number of rotatable bonds is 6. The third-order valence-corrected chi connectivity index (χ3v) is 2.29. The zero-order valence-electron chi connectivity index (χ0n) is 8.83. The smallest absolute Gasteiger partial charge is 0.449 e. The van der Waals surface area contributed by atoms with Crippen molar-refractivity contribution in [3.63, 3.8) is 0 Å². The molecule has 0 aliphatic heterocycles. The lowest BCUT2D eigenvalue weighted by atomic mass is 9.83. The van der Waals surface area contributed by atoms with Gasteiger partial charge in [0.1, 0.15) is 5.78 Å². The average molecular weight is 229 g/mol. The summed E-state index contributed by atoms with van der Waals surface area (Å²) in [7, 11) is 0. The third kappa shape index (κ3) is 5.58. The van der Waals surface area contributed by atoms with Gasteiger partial charge in [-0.1, -0.05) is 36.7 Å². The van der Waals surface area contributed by atoms with Gasteiger partial charge in [-0.25, -0.2) is 0 Å². The average Bonchev–Trinajstić information content (AvgIpc) is 2.24. The van der Waals surface area contributed by atoms with E-state index in [1.807, 2.05) is 30.3 Å². The monoisotopic (exact) mass is 229 g/mol. The Labute approximate surface area is 92.7 Å². The Hall–Kier alpha value is -1.26. The molecule has 0 unspecified atom stereocenters. The normalized spacial score (nSPS) is 11.4. The quantitative estimate of drug-likeness (QED) is 0.683. The molecule has 0 aromatic heterocycles. The largest absolute Gasteiger partial charge is 0.478 e. The Balaban J connectivity index is 2.26. The molecule has 0 radical (unpaired) electrons. The van der Waals surface area contributed by atoms with Crippen molar-refractivity contribution >= 4 is 12.8 Å². The third-order valence-electron chi connectivity index (χ3n) is 2.29. The topological polar surface area (TPSA) is 17.1 Å². The van der Waals surface area contributed by atoms with E-state index in [4.69, 9.17) is 0 Å². The van der Waals surface area contributed by atoms with E-state index >= 15 is 0 Å². The fourth-order valence-electron chi connectivity index (χ4n) is 1.38. The number of ketones is 1. The van der Waals surface area contributed by atoms with Gasteiger partial charge in [0.05, 0.1) is 0 Å². The van der Waals surface area contributed by atoms with Gasteiger partial charge in [0.25, 0.3) is 0 Å². The van der Waals surface area contributed by atoms with E-state index in [1.165, 1.54) is 0 Å². The molecule has 0 aliphatic carbocycles. The molecule has 0 fully saturated rings. The van der Waals surface area contributed by atoms with Crippen molar-refractivity contribution in [1.82, 2.24) is 0 Å². The molecule has 0 atom stereocenters. The lowest BCUT2D eigenvalue weighted by molar-refractivity contribution is -0.118. The highest BCUT2D eigenvalue weighted by Crippen LogP contribution is 2.17. The molecule has 0 saturated carbocycles. The summed E-state index contributed by atoms with van der Waals surface area (Å²) in [4.78, 5) is 11.2. The lowest BCUT2D eigenvalue weighted by Crippen LogP contribution is -2.16. The highest BCUT2D eigenvalue weighted by molar-refractivity contribution is 6.58. The van der Waals surface area contributed by atoms with Crippen molar-refractivity contribution in [3.05, 3.63) is 35.9 Å². The summed E-state index contributed by atoms with van der Waals surface area (Å²) in [6, 6.07) is 9.27. The standard InChI is InChI=1S/C11H13BF3O/c13-12(14,15)9-8-11(16)7-6-10-4-2-1-3-5-10/h1-5H,6-9H2/q-1. The second kappa shape index (κ2) is 5.73. The number of hydrogen-bond acceptors (Lipinski definition) is 1. The number of carbonyl (C=O) groups excluding carboxylic acids is 1. The number of hydrogen-bond donors (Lipinski definition) is 0. The second-order valence-corrected chi connectivity index (χ2v) is 3.77. The highest BCUT2D eigenvalue weighted by atomic mass is 19.4. The molecule has 0 spiro atoms. The molecule has 0 bridgehead atoms. The molecular weight excluding hydrogens is 216 g/mol. The van der Waals surface area contributed by atoms with Crippen LogP contribution in [0.5, 0.6) is 0 Å². The van der Waals surface area contributed by atoms with Crippen LogP contribution in [0.4, 0.5) is 12.9 Å². The number of carbonyl (C=O) groups is 1. The first-order chi connectivity index (χ1) is 7.47. The van der Waals surface area contributed by atoms with Crippen LogP contribution < -0.4 is 0 Å². The molecular formula is C11H13BF3O-. The van der Waals surface area contributed by atoms with Gasteiger partial charge >= 0.3 is 6.98 Å². The number of Topliss-reactive ketones (excluding diaryl/α,β-unsaturated/α-hetero) is 1. The van der Waals surface area contributed by atoms with E-state index < -0.39 is 13.3 Å². The van der Waals surface area contributed by atoms with Gasteiger partial charge in [-0.2, -0.15) is 0 Å². The Morgan fingerprint density at radius 2 is 1.69 bits per heavy atom. The minimum absolute atomic E-state index is 0.191. The predicted molar refractivity (Wildman–Crippen MR) is 58.3 cm³/mol. The molecule has 16 heavy (non-hydrogen) atoms. The Morgan fingerprint density at radius 1 is 1.06 bits per heavy atom. The molecule has 5 heteroatoms. The van der Waals surface area contributed by atoms with Crippen LogP contribution in [0.25, 0.3) is 0 Å². The highest BCUT2D eigenvalue weighted by Gasteiger charge is 2.23. The van der Waals surface area contributed by atoms with Crippen LogP contribution in [0.3, 0.4) is 0 Å². The molecule has 1 aromatic rings. The van der Waals surface area contributed by atoms with Gasteiger partial charge in [-0.15, -0.1) is 0 Å². The van der Waals surface area contributed by atoms with E-state index in [-0.39, 0.29) is 18.6 Å². The van der Waals surface area contributed by atoms with Crippen LogP contribution >= 0.6 is 0 Å². The van der Waals surface area contributed by atoms with Crippen LogP contribution in [0.1, 0.15) is 18.4 Å². The van der Waals surface area contributed by atoms with E-state index in [0.717, 1.165) is 5.56 Å². The lowest BCUT2D eigenvalue weighted by Gasteiger charge is -2.11. The number of halogens is 3. The van der Waals surface area contributed by atoms with E-state index in [2.05, 4.69) is 0 Å². The van der Waals surface area contributed by atoms with Crippen LogP contribution in [0, 0.1) is 0 Å². The van der Waals surface area contributed by atoms with Gasteiger partial charge in [0, 0.05) is 6.42 Å². The molecule has 1 rings (SSSR count). The minimum Gasteiger partial charge on any atom is -0.449 e. The predicted octanol–water partition coefficient (Wildman–Crippen LogP) is 3.43. The second-order valence-electron chi connectivity index (χ2n) is 3.77. The van der Waals surface area contributed by atoms with E-state index in [0.29, 0.717) is 6.42 Å². The fraction of sp³-hybridized carbons (Fsp3) is 0.364. The molecule has 0 saturated heterocycles. The summed E-state index contributed by atoms with van der Waals surface area (Å²) in [5.41, 5.74) is 0.980. The van der Waals surface area contributed by atoms with Crippen LogP contribution in [0.15, 0.2) is 30.3 Å². The van der Waals surface area contributed by atoms with Gasteiger partial charge in [0.15, 0.2) is 0 Å². The molecule has 0 heterocycles. The summed E-state index contributed by atoms with van der Waals surface area (Å²) in [6.45, 7) is -4.83. The summed E-state index contributed by atoms with van der Waals surface area (Å²) in [5.74, 6) is -0.317. The van der Waals surface area contributed by atoms with Crippen molar-refractivity contribution in [2.24, 2.45) is 0 Å². The maximum absolute atomic E-state index is 11.9. The zero-order chi connectivity index (χ0) is 12.0. The summed E-state index contributed by atoms with van der Waals surface area (Å²) >= 11 is 0. The van der Waals surface area contributed by atoms with Gasteiger partial charge in [-0.3, -0.25) is 4.79 Å². The summed E-state index contributed by atoms with van der Waals surface area (Å²) < 4.78 is 35.7. The minimum atomic E-state index is -4.83. The van der Waals surface area contributed by atoms with Crippen LogP contribution in [-0.2, 0) is 11.2 Å². The summed E-state index contributed by atoms with van der Waals surface area (Å²) in [5, 5.41) is 0. The first-order valence-corrected chi connectivity index (χ1v) is 5.24. The van der Waals surface area contributed by atoms with E-state index in [1.54, 1.807) is 0 Å². The Kier molecular flexibility index (Phi) is 4.59. The van der Waals surface area contributed by atoms with Crippen molar-refractivity contribution < 1.29 is 17.7 Å². The molecule has 0 N–H and O–H groups in total. The maximum atomic E-state index is 11.9.